The molecule has 0 unspecified atom stereocenters. The maximum atomic E-state index is 12.1. The molecule has 3 aromatic rings. The van der Waals surface area contributed by atoms with Gasteiger partial charge in [-0.05, 0) is 50.6 Å². The molecule has 0 saturated carbocycles. The van der Waals surface area contributed by atoms with Crippen LogP contribution in [0.15, 0.2) is 59.7 Å². The zero-order valence-electron chi connectivity index (χ0n) is 17.3. The Labute approximate surface area is 190 Å². The fourth-order valence-corrected chi connectivity index (χ4v) is 3.61. The molecule has 0 aliphatic carbocycles. The Balaban J connectivity index is 1.68. The van der Waals surface area contributed by atoms with E-state index in [9.17, 15) is 9.59 Å². The van der Waals surface area contributed by atoms with E-state index in [2.05, 4.69) is 15.8 Å². The number of carbonyl (C=O) groups is 2. The van der Waals surface area contributed by atoms with E-state index >= 15 is 0 Å². The molecule has 2 N–H and O–H groups in total. The maximum Gasteiger partial charge on any atom is 0.329 e. The third kappa shape index (κ3) is 5.34. The highest BCUT2D eigenvalue weighted by atomic mass is 35.5. The first-order valence-corrected chi connectivity index (χ1v) is 10.4. The summed E-state index contributed by atoms with van der Waals surface area (Å²) in [5.41, 5.74) is 6.47. The number of hydrazone groups is 1. The Morgan fingerprint density at radius 2 is 1.74 bits per heavy atom. The Hall–Kier alpha value is -3.09. The molecule has 3 rings (SSSR count). The SMILES string of the molecule is Cc1cc(/C=N\NC(=O)C(=O)N[C@@H](C)c2ccccc2)c(C)n1-c1cc(Cl)ccc1Cl. The van der Waals surface area contributed by atoms with Crippen molar-refractivity contribution in [1.82, 2.24) is 15.3 Å². The largest absolute Gasteiger partial charge is 0.341 e. The fraction of sp³-hybridized carbons (Fsp3) is 0.174. The van der Waals surface area contributed by atoms with E-state index in [4.69, 9.17) is 23.2 Å². The minimum absolute atomic E-state index is 0.301. The summed E-state index contributed by atoms with van der Waals surface area (Å²) in [5, 5.41) is 7.72. The quantitative estimate of drug-likeness (QED) is 0.330. The molecule has 1 heterocycles. The van der Waals surface area contributed by atoms with Gasteiger partial charge < -0.3 is 9.88 Å². The van der Waals surface area contributed by atoms with Gasteiger partial charge in [-0.25, -0.2) is 5.43 Å². The van der Waals surface area contributed by atoms with Gasteiger partial charge in [0.2, 0.25) is 0 Å². The molecular formula is C23H22Cl2N4O2. The van der Waals surface area contributed by atoms with Crippen molar-refractivity contribution in [3.8, 4) is 5.69 Å². The van der Waals surface area contributed by atoms with Crippen molar-refractivity contribution in [2.24, 2.45) is 5.10 Å². The second-order valence-electron chi connectivity index (χ2n) is 7.06. The van der Waals surface area contributed by atoms with E-state index in [1.807, 2.05) is 54.8 Å². The van der Waals surface area contributed by atoms with Gasteiger partial charge in [-0.3, -0.25) is 9.59 Å². The van der Waals surface area contributed by atoms with E-state index in [0.717, 1.165) is 28.2 Å². The van der Waals surface area contributed by atoms with Crippen LogP contribution >= 0.6 is 23.2 Å². The Morgan fingerprint density at radius 1 is 1.03 bits per heavy atom. The first-order valence-electron chi connectivity index (χ1n) is 9.61. The van der Waals surface area contributed by atoms with Crippen LogP contribution in [0.1, 0.15) is 35.5 Å². The number of carbonyl (C=O) groups excluding carboxylic acids is 2. The van der Waals surface area contributed by atoms with Crippen LogP contribution in [0.3, 0.4) is 0 Å². The number of aromatic nitrogens is 1. The molecular weight excluding hydrogens is 435 g/mol. The number of rotatable bonds is 5. The first kappa shape index (κ1) is 22.6. The molecule has 0 radical (unpaired) electrons. The van der Waals surface area contributed by atoms with Gasteiger partial charge in [0.25, 0.3) is 0 Å². The lowest BCUT2D eigenvalue weighted by Crippen LogP contribution is -2.39. The third-order valence-electron chi connectivity index (χ3n) is 4.84. The summed E-state index contributed by atoms with van der Waals surface area (Å²) in [4.78, 5) is 24.2. The molecule has 0 bridgehead atoms. The van der Waals surface area contributed by atoms with E-state index in [1.165, 1.54) is 6.21 Å². The summed E-state index contributed by atoms with van der Waals surface area (Å²) in [6, 6.07) is 16.2. The van der Waals surface area contributed by atoms with E-state index in [0.29, 0.717) is 10.0 Å². The number of hydrogen-bond acceptors (Lipinski definition) is 3. The summed E-state index contributed by atoms with van der Waals surface area (Å²) < 4.78 is 1.95. The molecule has 0 fully saturated rings. The van der Waals surface area contributed by atoms with Crippen LogP contribution in [0.25, 0.3) is 5.69 Å². The van der Waals surface area contributed by atoms with Gasteiger partial charge in [0.05, 0.1) is 23.0 Å². The summed E-state index contributed by atoms with van der Waals surface area (Å²) in [7, 11) is 0. The van der Waals surface area contributed by atoms with Gasteiger partial charge in [-0.1, -0.05) is 53.5 Å². The normalized spacial score (nSPS) is 12.0. The van der Waals surface area contributed by atoms with Crippen LogP contribution in [-0.4, -0.2) is 22.6 Å². The number of nitrogens with zero attached hydrogens (tertiary/aromatic N) is 2. The highest BCUT2D eigenvalue weighted by molar-refractivity contribution is 6.35. The van der Waals surface area contributed by atoms with E-state index in [-0.39, 0.29) is 6.04 Å². The lowest BCUT2D eigenvalue weighted by Gasteiger charge is -2.13. The summed E-state index contributed by atoms with van der Waals surface area (Å²) in [6.45, 7) is 5.64. The summed E-state index contributed by atoms with van der Waals surface area (Å²) >= 11 is 12.5. The van der Waals surface area contributed by atoms with Crippen molar-refractivity contribution in [2.75, 3.05) is 0 Å². The van der Waals surface area contributed by atoms with Crippen LogP contribution in [0.2, 0.25) is 10.0 Å². The highest BCUT2D eigenvalue weighted by Crippen LogP contribution is 2.28. The third-order valence-corrected chi connectivity index (χ3v) is 5.40. The van der Waals surface area contributed by atoms with Gasteiger partial charge in [-0.2, -0.15) is 5.10 Å². The second kappa shape index (κ2) is 9.81. The van der Waals surface area contributed by atoms with Crippen molar-refractivity contribution >= 4 is 41.2 Å². The Morgan fingerprint density at radius 3 is 2.45 bits per heavy atom. The molecule has 160 valence electrons. The van der Waals surface area contributed by atoms with Gasteiger partial charge in [0.15, 0.2) is 0 Å². The van der Waals surface area contributed by atoms with Crippen LogP contribution in [-0.2, 0) is 9.59 Å². The van der Waals surface area contributed by atoms with Gasteiger partial charge in [0.1, 0.15) is 0 Å². The molecule has 1 aromatic heterocycles. The zero-order valence-corrected chi connectivity index (χ0v) is 18.8. The van der Waals surface area contributed by atoms with E-state index < -0.39 is 11.8 Å². The van der Waals surface area contributed by atoms with Gasteiger partial charge in [0, 0.05) is 22.0 Å². The second-order valence-corrected chi connectivity index (χ2v) is 7.91. The predicted molar refractivity (Wildman–Crippen MR) is 124 cm³/mol. The number of benzene rings is 2. The predicted octanol–water partition coefficient (Wildman–Crippen LogP) is 4.73. The molecule has 0 aliphatic heterocycles. The lowest BCUT2D eigenvalue weighted by molar-refractivity contribution is -0.139. The minimum atomic E-state index is -0.842. The highest BCUT2D eigenvalue weighted by Gasteiger charge is 2.17. The number of halogens is 2. The van der Waals surface area contributed by atoms with Crippen LogP contribution in [0.4, 0.5) is 0 Å². The molecule has 0 spiro atoms. The molecule has 2 amide bonds. The molecule has 31 heavy (non-hydrogen) atoms. The number of amides is 2. The summed E-state index contributed by atoms with van der Waals surface area (Å²) in [5.74, 6) is -1.60. The monoisotopic (exact) mass is 456 g/mol. The molecule has 0 saturated heterocycles. The average Bonchev–Trinajstić information content (AvgIpc) is 3.03. The number of hydrogen-bond donors (Lipinski definition) is 2. The standard InChI is InChI=1S/C23H22Cl2N4O2/c1-14-11-18(16(3)29(14)21-12-19(24)9-10-20(21)25)13-26-28-23(31)22(30)27-15(2)17-7-5-4-6-8-17/h4-13,15H,1-3H3,(H,27,30)(H,28,31)/b26-13-/t15-/m0/s1. The topological polar surface area (TPSA) is 75.5 Å². The molecule has 0 aliphatic rings. The van der Waals surface area contributed by atoms with Crippen molar-refractivity contribution < 1.29 is 9.59 Å². The molecule has 8 heteroatoms. The van der Waals surface area contributed by atoms with Crippen LogP contribution in [0.5, 0.6) is 0 Å². The van der Waals surface area contributed by atoms with Crippen molar-refractivity contribution in [3.63, 3.8) is 0 Å². The maximum absolute atomic E-state index is 12.1. The average molecular weight is 457 g/mol. The first-order chi connectivity index (χ1) is 14.8. The summed E-state index contributed by atoms with van der Waals surface area (Å²) in [6.07, 6.45) is 1.49. The van der Waals surface area contributed by atoms with E-state index in [1.54, 1.807) is 25.1 Å². The van der Waals surface area contributed by atoms with Crippen LogP contribution < -0.4 is 10.7 Å². The van der Waals surface area contributed by atoms with Crippen molar-refractivity contribution in [2.45, 2.75) is 26.8 Å². The molecule has 1 atom stereocenters. The van der Waals surface area contributed by atoms with Gasteiger partial charge in [-0.15, -0.1) is 0 Å². The lowest BCUT2D eigenvalue weighted by atomic mass is 10.1. The van der Waals surface area contributed by atoms with Gasteiger partial charge >= 0.3 is 11.8 Å². The number of aryl methyl sites for hydroxylation is 1. The molecule has 6 nitrogen and oxygen atoms in total. The number of nitrogens with one attached hydrogen (secondary N) is 2. The Bertz CT molecular complexity index is 1140. The van der Waals surface area contributed by atoms with Crippen molar-refractivity contribution in [1.29, 1.82) is 0 Å². The zero-order chi connectivity index (χ0) is 22.5. The minimum Gasteiger partial charge on any atom is -0.341 e. The smallest absolute Gasteiger partial charge is 0.329 e. The van der Waals surface area contributed by atoms with Crippen LogP contribution in [0, 0.1) is 13.8 Å². The molecule has 2 aromatic carbocycles. The van der Waals surface area contributed by atoms with Crippen molar-refractivity contribution in [3.05, 3.63) is 87.2 Å². The fourth-order valence-electron chi connectivity index (χ4n) is 3.24. The Kier molecular flexibility index (Phi) is 7.15.